The Labute approximate surface area is 151 Å². The van der Waals surface area contributed by atoms with Crippen LogP contribution in [0, 0.1) is 0 Å². The molecule has 0 saturated heterocycles. The van der Waals surface area contributed by atoms with Gasteiger partial charge in [0.2, 0.25) is 5.91 Å². The average Bonchev–Trinajstić information content (AvgIpc) is 2.69. The van der Waals surface area contributed by atoms with Crippen molar-refractivity contribution in [2.24, 2.45) is 0 Å². The first kappa shape index (κ1) is 19.0. The van der Waals surface area contributed by atoms with Crippen LogP contribution in [0.1, 0.15) is 17.2 Å². The van der Waals surface area contributed by atoms with Gasteiger partial charge in [-0.15, -0.1) is 0 Å². The number of alkyl carbamates (subject to hydrolysis) is 1. The van der Waals surface area contributed by atoms with Gasteiger partial charge in [0.25, 0.3) is 0 Å². The molecule has 7 heteroatoms. The zero-order valence-electron chi connectivity index (χ0n) is 14.3. The molecule has 0 aliphatic carbocycles. The van der Waals surface area contributed by atoms with Gasteiger partial charge in [0.1, 0.15) is 13.2 Å². The predicted molar refractivity (Wildman–Crippen MR) is 94.0 cm³/mol. The van der Waals surface area contributed by atoms with Gasteiger partial charge in [-0.3, -0.25) is 4.79 Å². The lowest BCUT2D eigenvalue weighted by molar-refractivity contribution is -0.145. The molecule has 0 saturated carbocycles. The molecule has 7 nitrogen and oxygen atoms in total. The molecule has 1 atom stereocenters. The standard InChI is InChI=1S/C19H20N2O5/c1-25-18(23)17(15-10-6-3-7-11-15)21-16(22)12-20-19(24)26-13-14-8-4-2-5-9-14/h2-11,17H,12-13H2,1H3,(H,20,24)(H,21,22)/t17-/m1/s1. The minimum atomic E-state index is -0.948. The van der Waals surface area contributed by atoms with E-state index in [-0.39, 0.29) is 13.2 Å². The highest BCUT2D eigenvalue weighted by Crippen LogP contribution is 2.13. The van der Waals surface area contributed by atoms with Crippen molar-refractivity contribution in [2.75, 3.05) is 13.7 Å². The quantitative estimate of drug-likeness (QED) is 0.740. The van der Waals surface area contributed by atoms with Crippen LogP contribution in [0.15, 0.2) is 60.7 Å². The molecule has 0 radical (unpaired) electrons. The van der Waals surface area contributed by atoms with E-state index in [1.807, 2.05) is 30.3 Å². The van der Waals surface area contributed by atoms with E-state index in [9.17, 15) is 14.4 Å². The maximum Gasteiger partial charge on any atom is 0.407 e. The molecular weight excluding hydrogens is 336 g/mol. The van der Waals surface area contributed by atoms with Crippen molar-refractivity contribution in [3.8, 4) is 0 Å². The number of hydrogen-bond acceptors (Lipinski definition) is 5. The van der Waals surface area contributed by atoms with Gasteiger partial charge in [0, 0.05) is 0 Å². The monoisotopic (exact) mass is 356 g/mol. The summed E-state index contributed by atoms with van der Waals surface area (Å²) in [6.45, 7) is -0.225. The molecule has 0 heterocycles. The Balaban J connectivity index is 1.82. The Morgan fingerprint density at radius 3 is 2.19 bits per heavy atom. The number of hydrogen-bond donors (Lipinski definition) is 2. The second-order valence-electron chi connectivity index (χ2n) is 5.35. The highest BCUT2D eigenvalue weighted by Gasteiger charge is 2.23. The van der Waals surface area contributed by atoms with Gasteiger partial charge in [-0.25, -0.2) is 9.59 Å². The van der Waals surface area contributed by atoms with Crippen molar-refractivity contribution < 1.29 is 23.9 Å². The molecule has 2 aromatic carbocycles. The van der Waals surface area contributed by atoms with Crippen molar-refractivity contribution in [1.29, 1.82) is 0 Å². The number of rotatable bonds is 7. The van der Waals surface area contributed by atoms with Crippen molar-refractivity contribution in [3.05, 3.63) is 71.8 Å². The molecule has 136 valence electrons. The van der Waals surface area contributed by atoms with E-state index in [0.29, 0.717) is 5.56 Å². The first-order valence-corrected chi connectivity index (χ1v) is 7.97. The second-order valence-corrected chi connectivity index (χ2v) is 5.35. The van der Waals surface area contributed by atoms with Crippen LogP contribution < -0.4 is 10.6 Å². The minimum absolute atomic E-state index is 0.100. The lowest BCUT2D eigenvalue weighted by Gasteiger charge is -2.17. The highest BCUT2D eigenvalue weighted by atomic mass is 16.5. The molecule has 0 aliphatic heterocycles. The van der Waals surface area contributed by atoms with Gasteiger partial charge >= 0.3 is 12.1 Å². The maximum absolute atomic E-state index is 12.0. The molecule has 0 unspecified atom stereocenters. The summed E-state index contributed by atoms with van der Waals surface area (Å²) in [6.07, 6.45) is -0.724. The fourth-order valence-corrected chi connectivity index (χ4v) is 2.18. The summed E-state index contributed by atoms with van der Waals surface area (Å²) in [4.78, 5) is 35.6. The summed E-state index contributed by atoms with van der Waals surface area (Å²) < 4.78 is 9.73. The molecule has 0 aliphatic rings. The molecule has 2 N–H and O–H groups in total. The third-order valence-electron chi connectivity index (χ3n) is 3.48. The SMILES string of the molecule is COC(=O)[C@H](NC(=O)CNC(=O)OCc1ccccc1)c1ccccc1. The number of benzene rings is 2. The summed E-state index contributed by atoms with van der Waals surface area (Å²) >= 11 is 0. The normalized spacial score (nSPS) is 11.1. The smallest absolute Gasteiger partial charge is 0.407 e. The van der Waals surface area contributed by atoms with Crippen molar-refractivity contribution in [2.45, 2.75) is 12.6 Å². The lowest BCUT2D eigenvalue weighted by Crippen LogP contribution is -2.41. The molecule has 26 heavy (non-hydrogen) atoms. The Kier molecular flexibility index (Phi) is 7.17. The van der Waals surface area contributed by atoms with Crippen LogP contribution in [0.2, 0.25) is 0 Å². The Morgan fingerprint density at radius 1 is 0.962 bits per heavy atom. The van der Waals surface area contributed by atoms with Crippen LogP contribution in [0.5, 0.6) is 0 Å². The number of carbonyl (C=O) groups excluding carboxylic acids is 3. The molecular formula is C19H20N2O5. The average molecular weight is 356 g/mol. The van der Waals surface area contributed by atoms with Gasteiger partial charge in [0.05, 0.1) is 7.11 Å². The maximum atomic E-state index is 12.0. The minimum Gasteiger partial charge on any atom is -0.467 e. The topological polar surface area (TPSA) is 93.7 Å². The lowest BCUT2D eigenvalue weighted by atomic mass is 10.1. The van der Waals surface area contributed by atoms with Gasteiger partial charge in [0.15, 0.2) is 6.04 Å². The summed E-state index contributed by atoms with van der Waals surface area (Å²) in [5.74, 6) is -1.14. The van der Waals surface area contributed by atoms with Crippen molar-refractivity contribution in [1.82, 2.24) is 10.6 Å². The van der Waals surface area contributed by atoms with E-state index in [1.54, 1.807) is 30.3 Å². The third-order valence-corrected chi connectivity index (χ3v) is 3.48. The van der Waals surface area contributed by atoms with Gasteiger partial charge in [-0.05, 0) is 11.1 Å². The molecule has 2 amide bonds. The number of nitrogens with one attached hydrogen (secondary N) is 2. The highest BCUT2D eigenvalue weighted by molar-refractivity contribution is 5.87. The molecule has 0 aromatic heterocycles. The van der Waals surface area contributed by atoms with Crippen LogP contribution in [0.4, 0.5) is 4.79 Å². The predicted octanol–water partition coefficient (Wildman–Crippen LogP) is 1.94. The van der Waals surface area contributed by atoms with Gasteiger partial charge in [-0.1, -0.05) is 60.7 Å². The van der Waals surface area contributed by atoms with Gasteiger partial charge < -0.3 is 20.1 Å². The number of methoxy groups -OCH3 is 1. The zero-order chi connectivity index (χ0) is 18.8. The largest absolute Gasteiger partial charge is 0.467 e. The van der Waals surface area contributed by atoms with E-state index >= 15 is 0 Å². The zero-order valence-corrected chi connectivity index (χ0v) is 14.3. The molecule has 0 fully saturated rings. The number of carbonyl (C=O) groups is 3. The van der Waals surface area contributed by atoms with Crippen molar-refractivity contribution in [3.63, 3.8) is 0 Å². The summed E-state index contributed by atoms with van der Waals surface area (Å²) in [7, 11) is 1.24. The van der Waals surface area contributed by atoms with E-state index in [1.165, 1.54) is 7.11 Å². The Bertz CT molecular complexity index is 734. The molecule has 2 aromatic rings. The number of ether oxygens (including phenoxy) is 2. The fourth-order valence-electron chi connectivity index (χ4n) is 2.18. The van der Waals surface area contributed by atoms with E-state index in [0.717, 1.165) is 5.56 Å². The Morgan fingerprint density at radius 2 is 1.58 bits per heavy atom. The first-order valence-electron chi connectivity index (χ1n) is 7.97. The van der Waals surface area contributed by atoms with E-state index in [2.05, 4.69) is 10.6 Å². The van der Waals surface area contributed by atoms with Crippen LogP contribution in [-0.2, 0) is 25.7 Å². The van der Waals surface area contributed by atoms with Crippen LogP contribution in [-0.4, -0.2) is 31.6 Å². The summed E-state index contributed by atoms with van der Waals surface area (Å²) in [5.41, 5.74) is 1.42. The number of amides is 2. The summed E-state index contributed by atoms with van der Waals surface area (Å²) in [5, 5.41) is 4.87. The van der Waals surface area contributed by atoms with Crippen LogP contribution >= 0.6 is 0 Å². The van der Waals surface area contributed by atoms with Gasteiger partial charge in [-0.2, -0.15) is 0 Å². The number of esters is 1. The van der Waals surface area contributed by atoms with E-state index < -0.39 is 24.0 Å². The third kappa shape index (κ3) is 5.94. The second kappa shape index (κ2) is 9.83. The van der Waals surface area contributed by atoms with Crippen molar-refractivity contribution >= 4 is 18.0 Å². The van der Waals surface area contributed by atoms with Crippen LogP contribution in [0.3, 0.4) is 0 Å². The molecule has 0 bridgehead atoms. The first-order chi connectivity index (χ1) is 12.6. The van der Waals surface area contributed by atoms with Crippen LogP contribution in [0.25, 0.3) is 0 Å². The van der Waals surface area contributed by atoms with E-state index in [4.69, 9.17) is 9.47 Å². The fraction of sp³-hybridized carbons (Fsp3) is 0.211. The molecule has 0 spiro atoms. The summed E-state index contributed by atoms with van der Waals surface area (Å²) in [6, 6.07) is 16.9. The Hall–Kier alpha value is -3.35. The molecule has 2 rings (SSSR count).